The molecule has 0 saturated heterocycles. The SMILES string of the molecule is CC[C@@H]1C#C[C@@H]2C=C[C@@H](c3ccc(O)c(O[C@@H]4[C@@H](O)[C@H](CO)C=C[C@H]4[C@H](Cc4ccc[nH]4)C4=CCNC(N)=C4)c3)C[C@@H](O)[C@H]2[C@@H](O)CCCC1. The van der Waals surface area contributed by atoms with Crippen molar-refractivity contribution in [3.63, 3.8) is 0 Å². The van der Waals surface area contributed by atoms with Crippen LogP contribution >= 0.6 is 0 Å². The highest BCUT2D eigenvalue weighted by molar-refractivity contribution is 5.45. The minimum atomic E-state index is -1.05. The van der Waals surface area contributed by atoms with Gasteiger partial charge in [-0.1, -0.05) is 68.1 Å². The number of fused-ring (bicyclic) bond motifs is 1. The Kier molecular flexibility index (Phi) is 11.8. The van der Waals surface area contributed by atoms with Crippen LogP contribution in [0.25, 0.3) is 0 Å². The van der Waals surface area contributed by atoms with E-state index in [0.717, 1.165) is 42.5 Å². The predicted octanol–water partition coefficient (Wildman–Crippen LogP) is 4.41. The van der Waals surface area contributed by atoms with E-state index in [9.17, 15) is 25.5 Å². The first-order valence-electron chi connectivity index (χ1n) is 18.3. The third-order valence-corrected chi connectivity index (χ3v) is 11.2. The van der Waals surface area contributed by atoms with E-state index in [1.807, 2.05) is 48.7 Å². The Bertz CT molecular complexity index is 1620. The average molecular weight is 684 g/mol. The molecule has 0 radical (unpaired) electrons. The molecule has 0 fully saturated rings. The molecule has 0 amide bonds. The summed E-state index contributed by atoms with van der Waals surface area (Å²) in [6.07, 6.45) is 16.2. The first-order valence-corrected chi connectivity index (χ1v) is 18.3. The molecular formula is C41H53N3O6. The number of rotatable bonds is 9. The average Bonchev–Trinajstić information content (AvgIpc) is 3.57. The van der Waals surface area contributed by atoms with Gasteiger partial charge in [-0.3, -0.25) is 0 Å². The minimum Gasteiger partial charge on any atom is -0.504 e. The maximum atomic E-state index is 11.7. The molecule has 0 saturated carbocycles. The summed E-state index contributed by atoms with van der Waals surface area (Å²) in [6, 6.07) is 9.18. The van der Waals surface area contributed by atoms with Gasteiger partial charge in [0.1, 0.15) is 6.10 Å². The van der Waals surface area contributed by atoms with Gasteiger partial charge < -0.3 is 46.3 Å². The molecule has 1 aromatic carbocycles. The highest BCUT2D eigenvalue weighted by Crippen LogP contribution is 2.42. The molecule has 50 heavy (non-hydrogen) atoms. The van der Waals surface area contributed by atoms with E-state index in [1.54, 1.807) is 12.1 Å². The fraction of sp³-hybridized carbons (Fsp3) is 0.512. The van der Waals surface area contributed by atoms with E-state index in [2.05, 4.69) is 41.2 Å². The Labute approximate surface area is 295 Å². The number of hydrogen-bond acceptors (Lipinski definition) is 8. The summed E-state index contributed by atoms with van der Waals surface area (Å²) < 4.78 is 6.63. The number of aliphatic hydroxyl groups excluding tert-OH is 4. The molecule has 9 nitrogen and oxygen atoms in total. The summed E-state index contributed by atoms with van der Waals surface area (Å²) in [6.45, 7) is 2.48. The largest absolute Gasteiger partial charge is 0.504 e. The number of hydrogen-bond donors (Lipinski definition) is 8. The number of phenols is 1. The zero-order valence-corrected chi connectivity index (χ0v) is 28.9. The third-order valence-electron chi connectivity index (χ3n) is 11.2. The van der Waals surface area contributed by atoms with Crippen LogP contribution in [0.15, 0.2) is 84.4 Å². The van der Waals surface area contributed by atoms with Gasteiger partial charge in [-0.15, -0.1) is 0 Å². The Morgan fingerprint density at radius 3 is 2.62 bits per heavy atom. The molecule has 11 atom stereocenters. The molecule has 4 aliphatic rings. The van der Waals surface area contributed by atoms with Gasteiger partial charge in [-0.05, 0) is 79.5 Å². The molecule has 268 valence electrons. The molecule has 2 aromatic rings. The molecule has 2 heterocycles. The number of ether oxygens (including phenoxy) is 1. The van der Waals surface area contributed by atoms with Crippen LogP contribution in [-0.2, 0) is 6.42 Å². The van der Waals surface area contributed by atoms with Crippen molar-refractivity contribution >= 4 is 0 Å². The monoisotopic (exact) mass is 683 g/mol. The van der Waals surface area contributed by atoms with Gasteiger partial charge in [0.05, 0.1) is 30.7 Å². The Balaban J connectivity index is 1.31. The molecule has 0 spiro atoms. The number of allylic oxidation sites excluding steroid dienone is 4. The molecule has 0 bridgehead atoms. The number of aromatic amines is 1. The Hall–Kier alpha value is -3.94. The van der Waals surface area contributed by atoms with Gasteiger partial charge in [0, 0.05) is 53.9 Å². The smallest absolute Gasteiger partial charge is 0.161 e. The number of aromatic nitrogens is 1. The quantitative estimate of drug-likeness (QED) is 0.142. The molecular weight excluding hydrogens is 630 g/mol. The van der Waals surface area contributed by atoms with E-state index in [1.165, 1.54) is 0 Å². The standard InChI is InChI=1S/C41H53N3O6/c1-2-25-6-3-4-8-35(47)39-26(10-9-25)11-12-27(20-36(39)48)28-14-16-34(46)37(21-28)50-41-32(15-13-30(24-45)40(41)49)33(23-31-7-5-18-43-31)29-17-19-44-38(42)22-29/h5,7,11-18,21-22,25-27,30,32-33,35-36,39-41,43-49H,2-4,6,8,19-20,23-24,42H2,1H3/t25-,26+,27+,30-,32-,33+,35-,36+,39+,40-,41-/m0/s1. The number of aromatic hydroxyl groups is 1. The van der Waals surface area contributed by atoms with Crippen molar-refractivity contribution in [2.75, 3.05) is 13.2 Å². The first-order chi connectivity index (χ1) is 24.2. The summed E-state index contributed by atoms with van der Waals surface area (Å²) in [4.78, 5) is 3.30. The van der Waals surface area contributed by atoms with Crippen LogP contribution in [0.1, 0.15) is 62.6 Å². The molecule has 9 N–H and O–H groups in total. The van der Waals surface area contributed by atoms with E-state index >= 15 is 0 Å². The van der Waals surface area contributed by atoms with E-state index < -0.39 is 36.3 Å². The van der Waals surface area contributed by atoms with Crippen LogP contribution in [-0.4, -0.2) is 68.1 Å². The summed E-state index contributed by atoms with van der Waals surface area (Å²) in [5.74, 6) is 6.00. The molecule has 1 aliphatic heterocycles. The Morgan fingerprint density at radius 1 is 1.02 bits per heavy atom. The van der Waals surface area contributed by atoms with Crippen molar-refractivity contribution in [1.29, 1.82) is 0 Å². The minimum absolute atomic E-state index is 0.0693. The maximum absolute atomic E-state index is 11.7. The van der Waals surface area contributed by atoms with Crippen LogP contribution in [0.4, 0.5) is 0 Å². The topological polar surface area (TPSA) is 164 Å². The van der Waals surface area contributed by atoms with Crippen LogP contribution in [0, 0.1) is 47.3 Å². The highest BCUT2D eigenvalue weighted by Gasteiger charge is 2.42. The van der Waals surface area contributed by atoms with Gasteiger partial charge in [-0.2, -0.15) is 0 Å². The molecule has 9 heteroatoms. The molecule has 3 aliphatic carbocycles. The van der Waals surface area contributed by atoms with E-state index in [-0.39, 0.29) is 41.8 Å². The number of H-pyrrole nitrogens is 1. The fourth-order valence-corrected chi connectivity index (χ4v) is 8.22. The lowest BCUT2D eigenvalue weighted by molar-refractivity contribution is -0.0404. The lowest BCUT2D eigenvalue weighted by Gasteiger charge is -2.40. The summed E-state index contributed by atoms with van der Waals surface area (Å²) >= 11 is 0. The van der Waals surface area contributed by atoms with Crippen molar-refractivity contribution in [3.05, 3.63) is 95.6 Å². The van der Waals surface area contributed by atoms with Crippen LogP contribution < -0.4 is 15.8 Å². The lowest BCUT2D eigenvalue weighted by atomic mass is 9.72. The van der Waals surface area contributed by atoms with Crippen molar-refractivity contribution in [2.24, 2.45) is 41.2 Å². The third kappa shape index (κ3) is 8.16. The molecule has 1 aromatic heterocycles. The first kappa shape index (κ1) is 35.9. The zero-order chi connectivity index (χ0) is 35.2. The van der Waals surface area contributed by atoms with Gasteiger partial charge in [0.15, 0.2) is 11.5 Å². The molecule has 0 unspecified atom stereocenters. The van der Waals surface area contributed by atoms with Gasteiger partial charge in [0.2, 0.25) is 0 Å². The number of phenolic OH excluding ortho intramolecular Hbond substituents is 1. The number of benzene rings is 1. The summed E-state index contributed by atoms with van der Waals surface area (Å²) in [5.41, 5.74) is 9.07. The second-order valence-electron chi connectivity index (χ2n) is 14.4. The number of nitrogens with one attached hydrogen (secondary N) is 2. The lowest BCUT2D eigenvalue weighted by Crippen LogP contribution is -2.48. The zero-order valence-electron chi connectivity index (χ0n) is 28.9. The molecule has 6 rings (SSSR count). The summed E-state index contributed by atoms with van der Waals surface area (Å²) in [5, 5.41) is 58.8. The van der Waals surface area contributed by atoms with Crippen LogP contribution in [0.2, 0.25) is 0 Å². The van der Waals surface area contributed by atoms with E-state index in [0.29, 0.717) is 37.5 Å². The second kappa shape index (κ2) is 16.4. The van der Waals surface area contributed by atoms with Crippen molar-refractivity contribution in [1.82, 2.24) is 10.3 Å². The predicted molar refractivity (Wildman–Crippen MR) is 194 cm³/mol. The number of aliphatic hydroxyl groups is 4. The van der Waals surface area contributed by atoms with E-state index in [4.69, 9.17) is 10.5 Å². The summed E-state index contributed by atoms with van der Waals surface area (Å²) in [7, 11) is 0. The second-order valence-corrected chi connectivity index (χ2v) is 14.4. The van der Waals surface area contributed by atoms with Gasteiger partial charge in [-0.25, -0.2) is 0 Å². The highest BCUT2D eigenvalue weighted by atomic mass is 16.5. The van der Waals surface area contributed by atoms with Crippen molar-refractivity contribution < 1.29 is 30.3 Å². The number of nitrogens with two attached hydrogens (primary N) is 1. The van der Waals surface area contributed by atoms with Crippen LogP contribution in [0.3, 0.4) is 0 Å². The fourth-order valence-electron chi connectivity index (χ4n) is 8.22. The van der Waals surface area contributed by atoms with Gasteiger partial charge >= 0.3 is 0 Å². The number of dihydropyridines is 1. The van der Waals surface area contributed by atoms with Gasteiger partial charge in [0.25, 0.3) is 0 Å². The van der Waals surface area contributed by atoms with Crippen molar-refractivity contribution in [3.8, 4) is 23.3 Å². The Morgan fingerprint density at radius 2 is 1.86 bits per heavy atom. The van der Waals surface area contributed by atoms with Crippen molar-refractivity contribution in [2.45, 2.75) is 82.2 Å². The normalized spacial score (nSPS) is 33.4. The maximum Gasteiger partial charge on any atom is 0.161 e. The van der Waals surface area contributed by atoms with Crippen LogP contribution in [0.5, 0.6) is 11.5 Å².